The standard InChI is InChI=1S/C12H15F.C2H6/c1-12(2)7-3-4-9-8-10(13)5-6-11(9)12;1-2/h5-6,8H,3-4,7H2,1-2H3;1-2H3. The van der Waals surface area contributed by atoms with Crippen LogP contribution in [0, 0.1) is 5.82 Å². The Balaban J connectivity index is 0.000000531. The quantitative estimate of drug-likeness (QED) is 0.590. The number of aryl methyl sites for hydroxylation is 1. The first kappa shape index (κ1) is 12.2. The molecule has 84 valence electrons. The number of rotatable bonds is 0. The number of hydrogen-bond acceptors (Lipinski definition) is 0. The second-order valence-corrected chi connectivity index (χ2v) is 4.54. The van der Waals surface area contributed by atoms with Crippen molar-refractivity contribution in [3.8, 4) is 0 Å². The number of hydrogen-bond donors (Lipinski definition) is 0. The average Bonchev–Trinajstić information content (AvgIpc) is 2.19. The zero-order chi connectivity index (χ0) is 11.5. The van der Waals surface area contributed by atoms with Gasteiger partial charge in [0.05, 0.1) is 0 Å². The Morgan fingerprint density at radius 3 is 2.53 bits per heavy atom. The van der Waals surface area contributed by atoms with Crippen molar-refractivity contribution in [2.45, 2.75) is 52.4 Å². The van der Waals surface area contributed by atoms with Gasteiger partial charge in [-0.05, 0) is 47.9 Å². The van der Waals surface area contributed by atoms with Gasteiger partial charge in [0.15, 0.2) is 0 Å². The molecule has 1 heteroatoms. The fraction of sp³-hybridized carbons (Fsp3) is 0.571. The molecular weight excluding hydrogens is 187 g/mol. The molecule has 0 aliphatic heterocycles. The minimum atomic E-state index is -0.101. The van der Waals surface area contributed by atoms with E-state index in [9.17, 15) is 4.39 Å². The molecule has 0 amide bonds. The SMILES string of the molecule is CC.CC1(C)CCCc2cc(F)ccc21. The lowest BCUT2D eigenvalue weighted by Crippen LogP contribution is -2.23. The van der Waals surface area contributed by atoms with Crippen molar-refractivity contribution in [2.75, 3.05) is 0 Å². The van der Waals surface area contributed by atoms with Gasteiger partial charge in [0.25, 0.3) is 0 Å². The van der Waals surface area contributed by atoms with E-state index in [1.165, 1.54) is 24.0 Å². The van der Waals surface area contributed by atoms with E-state index in [0.717, 1.165) is 6.42 Å². The summed E-state index contributed by atoms with van der Waals surface area (Å²) in [7, 11) is 0. The van der Waals surface area contributed by atoms with Gasteiger partial charge in [-0.1, -0.05) is 33.8 Å². The molecule has 0 radical (unpaired) electrons. The van der Waals surface area contributed by atoms with Crippen LogP contribution in [0.1, 0.15) is 51.7 Å². The van der Waals surface area contributed by atoms with Crippen molar-refractivity contribution in [2.24, 2.45) is 0 Å². The Kier molecular flexibility index (Phi) is 3.90. The average molecular weight is 208 g/mol. The lowest BCUT2D eigenvalue weighted by atomic mass is 9.73. The summed E-state index contributed by atoms with van der Waals surface area (Å²) in [5.41, 5.74) is 2.78. The Morgan fingerprint density at radius 2 is 1.87 bits per heavy atom. The maximum atomic E-state index is 12.9. The summed E-state index contributed by atoms with van der Waals surface area (Å²) in [6.45, 7) is 8.48. The van der Waals surface area contributed by atoms with Gasteiger partial charge in [-0.2, -0.15) is 0 Å². The van der Waals surface area contributed by atoms with Crippen LogP contribution in [0.4, 0.5) is 4.39 Å². The summed E-state index contributed by atoms with van der Waals surface area (Å²) in [6, 6.07) is 5.21. The van der Waals surface area contributed by atoms with Gasteiger partial charge in [-0.25, -0.2) is 4.39 Å². The third-order valence-electron chi connectivity index (χ3n) is 3.04. The van der Waals surface area contributed by atoms with E-state index >= 15 is 0 Å². The topological polar surface area (TPSA) is 0 Å². The zero-order valence-electron chi connectivity index (χ0n) is 10.2. The minimum Gasteiger partial charge on any atom is -0.207 e. The van der Waals surface area contributed by atoms with Gasteiger partial charge in [0.2, 0.25) is 0 Å². The Labute approximate surface area is 92.5 Å². The lowest BCUT2D eigenvalue weighted by molar-refractivity contribution is 0.430. The Hall–Kier alpha value is -0.850. The molecule has 1 aliphatic rings. The van der Waals surface area contributed by atoms with Crippen molar-refractivity contribution >= 4 is 0 Å². The van der Waals surface area contributed by atoms with Crippen molar-refractivity contribution < 1.29 is 4.39 Å². The molecule has 0 aromatic heterocycles. The van der Waals surface area contributed by atoms with Crippen LogP contribution in [0.15, 0.2) is 18.2 Å². The predicted molar refractivity (Wildman–Crippen MR) is 63.7 cm³/mol. The van der Waals surface area contributed by atoms with Gasteiger partial charge in [0, 0.05) is 0 Å². The molecule has 0 fully saturated rings. The Bertz CT molecular complexity index is 326. The molecule has 15 heavy (non-hydrogen) atoms. The van der Waals surface area contributed by atoms with E-state index in [-0.39, 0.29) is 11.2 Å². The molecule has 0 bridgehead atoms. The molecule has 0 atom stereocenters. The molecule has 0 heterocycles. The molecule has 0 unspecified atom stereocenters. The third-order valence-corrected chi connectivity index (χ3v) is 3.04. The van der Waals surface area contributed by atoms with Gasteiger partial charge in [-0.3, -0.25) is 0 Å². The largest absolute Gasteiger partial charge is 0.207 e. The molecular formula is C14H21F. The minimum absolute atomic E-state index is 0.101. The molecule has 2 rings (SSSR count). The molecule has 0 nitrogen and oxygen atoms in total. The Morgan fingerprint density at radius 1 is 1.20 bits per heavy atom. The molecule has 0 N–H and O–H groups in total. The molecule has 1 aliphatic carbocycles. The summed E-state index contributed by atoms with van der Waals surface area (Å²) in [5, 5.41) is 0. The highest BCUT2D eigenvalue weighted by Gasteiger charge is 2.26. The summed E-state index contributed by atoms with van der Waals surface area (Å²) < 4.78 is 12.9. The highest BCUT2D eigenvalue weighted by atomic mass is 19.1. The van der Waals surface area contributed by atoms with Crippen molar-refractivity contribution in [3.05, 3.63) is 35.1 Å². The van der Waals surface area contributed by atoms with Crippen LogP contribution in [-0.4, -0.2) is 0 Å². The van der Waals surface area contributed by atoms with Crippen LogP contribution in [0.25, 0.3) is 0 Å². The van der Waals surface area contributed by atoms with Gasteiger partial charge < -0.3 is 0 Å². The second kappa shape index (κ2) is 4.78. The van der Waals surface area contributed by atoms with Gasteiger partial charge in [-0.15, -0.1) is 0 Å². The first-order chi connectivity index (χ1) is 7.09. The van der Waals surface area contributed by atoms with Crippen LogP contribution in [0.3, 0.4) is 0 Å². The normalized spacial score (nSPS) is 17.4. The van der Waals surface area contributed by atoms with Gasteiger partial charge in [0.1, 0.15) is 5.82 Å². The van der Waals surface area contributed by atoms with Crippen molar-refractivity contribution in [1.82, 2.24) is 0 Å². The maximum absolute atomic E-state index is 12.9. The monoisotopic (exact) mass is 208 g/mol. The number of fused-ring (bicyclic) bond motifs is 1. The molecule has 0 saturated carbocycles. The van der Waals surface area contributed by atoms with Crippen LogP contribution >= 0.6 is 0 Å². The fourth-order valence-corrected chi connectivity index (χ4v) is 2.28. The zero-order valence-corrected chi connectivity index (χ0v) is 10.2. The van der Waals surface area contributed by atoms with Crippen LogP contribution in [0.2, 0.25) is 0 Å². The van der Waals surface area contributed by atoms with E-state index in [0.29, 0.717) is 0 Å². The highest BCUT2D eigenvalue weighted by Crippen LogP contribution is 2.36. The van der Waals surface area contributed by atoms with Crippen LogP contribution in [0.5, 0.6) is 0 Å². The summed E-state index contributed by atoms with van der Waals surface area (Å²) in [5.74, 6) is -0.101. The number of halogens is 1. The second-order valence-electron chi connectivity index (χ2n) is 4.54. The van der Waals surface area contributed by atoms with E-state index in [2.05, 4.69) is 13.8 Å². The van der Waals surface area contributed by atoms with Gasteiger partial charge >= 0.3 is 0 Å². The molecule has 0 saturated heterocycles. The highest BCUT2D eigenvalue weighted by molar-refractivity contribution is 5.35. The first-order valence-electron chi connectivity index (χ1n) is 5.88. The van der Waals surface area contributed by atoms with E-state index < -0.39 is 0 Å². The summed E-state index contributed by atoms with van der Waals surface area (Å²) in [4.78, 5) is 0. The first-order valence-corrected chi connectivity index (χ1v) is 5.88. The molecule has 1 aromatic carbocycles. The fourth-order valence-electron chi connectivity index (χ4n) is 2.28. The van der Waals surface area contributed by atoms with Crippen molar-refractivity contribution in [3.63, 3.8) is 0 Å². The van der Waals surface area contributed by atoms with Crippen LogP contribution < -0.4 is 0 Å². The predicted octanol–water partition coefficient (Wildman–Crippen LogP) is 4.47. The summed E-state index contributed by atoms with van der Waals surface area (Å²) >= 11 is 0. The van der Waals surface area contributed by atoms with Crippen molar-refractivity contribution in [1.29, 1.82) is 0 Å². The number of benzene rings is 1. The maximum Gasteiger partial charge on any atom is 0.123 e. The molecule has 0 spiro atoms. The van der Waals surface area contributed by atoms with E-state index in [1.807, 2.05) is 19.9 Å². The lowest BCUT2D eigenvalue weighted by Gasteiger charge is -2.32. The molecule has 1 aromatic rings. The summed E-state index contributed by atoms with van der Waals surface area (Å²) in [6.07, 6.45) is 3.44. The smallest absolute Gasteiger partial charge is 0.123 e. The van der Waals surface area contributed by atoms with E-state index in [4.69, 9.17) is 0 Å². The third kappa shape index (κ3) is 2.58. The van der Waals surface area contributed by atoms with Crippen LogP contribution in [-0.2, 0) is 11.8 Å². The van der Waals surface area contributed by atoms with E-state index in [1.54, 1.807) is 12.1 Å².